The van der Waals surface area contributed by atoms with Gasteiger partial charge < -0.3 is 4.57 Å². The third-order valence-electron chi connectivity index (χ3n) is 2.69. The van der Waals surface area contributed by atoms with E-state index in [0.29, 0.717) is 0 Å². The second-order valence-electron chi connectivity index (χ2n) is 3.85. The Bertz CT molecular complexity index is 671. The maximum Gasteiger partial charge on any atom is 0.125 e. The molecule has 2 aromatic heterocycles. The van der Waals surface area contributed by atoms with Crippen molar-refractivity contribution >= 4 is 38.2 Å². The zero-order valence-electron chi connectivity index (χ0n) is 8.86. The molecule has 0 aliphatic rings. The van der Waals surface area contributed by atoms with E-state index in [2.05, 4.69) is 26.6 Å². The van der Waals surface area contributed by atoms with Gasteiger partial charge in [0.25, 0.3) is 0 Å². The van der Waals surface area contributed by atoms with E-state index in [1.165, 1.54) is 10.9 Å². The summed E-state index contributed by atoms with van der Waals surface area (Å²) in [6.45, 7) is 0.781. The minimum absolute atomic E-state index is 0.190. The Morgan fingerprint density at radius 1 is 1.18 bits per heavy atom. The van der Waals surface area contributed by atoms with E-state index in [4.69, 9.17) is 0 Å². The quantitative estimate of drug-likeness (QED) is 0.649. The van der Waals surface area contributed by atoms with Gasteiger partial charge in [0, 0.05) is 11.1 Å². The molecule has 1 aromatic carbocycles. The van der Waals surface area contributed by atoms with E-state index in [0.717, 1.165) is 21.2 Å². The van der Waals surface area contributed by atoms with Crippen molar-refractivity contribution in [1.82, 2.24) is 4.57 Å². The number of hydrogen-bond donors (Lipinski definition) is 0. The molecule has 0 unspecified atom stereocenters. The molecule has 0 atom stereocenters. The molecule has 0 fully saturated rings. The lowest BCUT2D eigenvalue weighted by atomic mass is 10.2. The number of rotatable bonds is 2. The van der Waals surface area contributed by atoms with E-state index in [9.17, 15) is 4.39 Å². The van der Waals surface area contributed by atoms with Crippen LogP contribution in [0, 0.1) is 5.82 Å². The number of thiophene rings is 1. The average molecular weight is 310 g/mol. The molecule has 2 heterocycles. The van der Waals surface area contributed by atoms with Crippen molar-refractivity contribution in [2.75, 3.05) is 0 Å². The second-order valence-corrected chi connectivity index (χ2v) is 6.40. The molecular weight excluding hydrogens is 301 g/mol. The number of nitrogens with zero attached hydrogens (tertiary/aromatic N) is 1. The Morgan fingerprint density at radius 3 is 2.82 bits per heavy atom. The summed E-state index contributed by atoms with van der Waals surface area (Å²) >= 11 is 5.15. The zero-order chi connectivity index (χ0) is 11.8. The Hall–Kier alpha value is -1.13. The van der Waals surface area contributed by atoms with Crippen molar-refractivity contribution in [2.45, 2.75) is 6.54 Å². The summed E-state index contributed by atoms with van der Waals surface area (Å²) < 4.78 is 16.4. The molecule has 0 bridgehead atoms. The number of halogens is 2. The summed E-state index contributed by atoms with van der Waals surface area (Å²) in [4.78, 5) is 1.25. The first kappa shape index (κ1) is 11.0. The first-order chi connectivity index (χ1) is 8.22. The average Bonchev–Trinajstić information content (AvgIpc) is 2.87. The van der Waals surface area contributed by atoms with Crippen LogP contribution in [0.25, 0.3) is 10.9 Å². The lowest BCUT2D eigenvalue weighted by Gasteiger charge is -2.03. The molecule has 1 nitrogen and oxygen atoms in total. The van der Waals surface area contributed by atoms with Crippen LogP contribution in [-0.2, 0) is 6.54 Å². The molecule has 0 aliphatic heterocycles. The fourth-order valence-corrected chi connectivity index (χ4v) is 3.38. The molecular formula is C13H9BrFNS. The molecule has 0 saturated heterocycles. The van der Waals surface area contributed by atoms with Gasteiger partial charge in [-0.25, -0.2) is 4.39 Å². The second kappa shape index (κ2) is 4.27. The van der Waals surface area contributed by atoms with Gasteiger partial charge in [0.05, 0.1) is 15.8 Å². The molecule has 0 amide bonds. The van der Waals surface area contributed by atoms with Crippen LogP contribution in [0.2, 0.25) is 0 Å². The van der Waals surface area contributed by atoms with Crippen LogP contribution < -0.4 is 0 Å². The summed E-state index contributed by atoms with van der Waals surface area (Å²) in [7, 11) is 0. The van der Waals surface area contributed by atoms with Gasteiger partial charge in [-0.15, -0.1) is 11.3 Å². The maximum atomic E-state index is 13.2. The molecule has 0 N–H and O–H groups in total. The lowest BCUT2D eigenvalue weighted by molar-refractivity contribution is 0.628. The van der Waals surface area contributed by atoms with Gasteiger partial charge in [0.1, 0.15) is 5.82 Å². The van der Waals surface area contributed by atoms with Crippen molar-refractivity contribution < 1.29 is 4.39 Å². The van der Waals surface area contributed by atoms with Crippen LogP contribution in [0.3, 0.4) is 0 Å². The molecule has 0 saturated carbocycles. The molecule has 17 heavy (non-hydrogen) atoms. The summed E-state index contributed by atoms with van der Waals surface area (Å²) in [6.07, 6.45) is 2.00. The third-order valence-corrected chi connectivity index (χ3v) is 4.30. The number of hydrogen-bond acceptors (Lipinski definition) is 1. The molecule has 86 valence electrons. The summed E-state index contributed by atoms with van der Waals surface area (Å²) in [5.74, 6) is -0.190. The fourth-order valence-electron chi connectivity index (χ4n) is 1.90. The first-order valence-corrected chi connectivity index (χ1v) is 6.82. The van der Waals surface area contributed by atoms with Gasteiger partial charge in [-0.2, -0.15) is 0 Å². The Balaban J connectivity index is 2.03. The van der Waals surface area contributed by atoms with E-state index >= 15 is 0 Å². The Kier molecular flexibility index (Phi) is 2.76. The van der Waals surface area contributed by atoms with E-state index in [1.54, 1.807) is 17.4 Å². The third kappa shape index (κ3) is 2.15. The predicted molar refractivity (Wildman–Crippen MR) is 73.0 cm³/mol. The van der Waals surface area contributed by atoms with E-state index in [1.807, 2.05) is 24.4 Å². The minimum Gasteiger partial charge on any atom is -0.342 e. The minimum atomic E-state index is -0.190. The van der Waals surface area contributed by atoms with E-state index in [-0.39, 0.29) is 5.82 Å². The largest absolute Gasteiger partial charge is 0.342 e. The van der Waals surface area contributed by atoms with Gasteiger partial charge in [0.2, 0.25) is 0 Å². The van der Waals surface area contributed by atoms with Crippen LogP contribution in [0.15, 0.2) is 46.4 Å². The molecule has 3 rings (SSSR count). The highest BCUT2D eigenvalue weighted by atomic mass is 79.9. The lowest BCUT2D eigenvalue weighted by Crippen LogP contribution is -1.95. The predicted octanol–water partition coefficient (Wildman–Crippen LogP) is 4.65. The van der Waals surface area contributed by atoms with Gasteiger partial charge >= 0.3 is 0 Å². The normalized spacial score (nSPS) is 11.2. The van der Waals surface area contributed by atoms with Gasteiger partial charge in [-0.05, 0) is 57.7 Å². The van der Waals surface area contributed by atoms with Crippen LogP contribution >= 0.6 is 27.3 Å². The fraction of sp³-hybridized carbons (Fsp3) is 0.0769. The summed E-state index contributed by atoms with van der Waals surface area (Å²) in [5, 5.41) is 1.07. The number of fused-ring (bicyclic) bond motifs is 1. The Labute approximate surface area is 111 Å². The molecule has 4 heteroatoms. The van der Waals surface area contributed by atoms with Crippen molar-refractivity contribution in [3.63, 3.8) is 0 Å². The zero-order valence-corrected chi connectivity index (χ0v) is 11.3. The number of aromatic nitrogens is 1. The smallest absolute Gasteiger partial charge is 0.125 e. The van der Waals surface area contributed by atoms with Gasteiger partial charge in [0.15, 0.2) is 0 Å². The van der Waals surface area contributed by atoms with Crippen LogP contribution in [0.1, 0.15) is 4.88 Å². The van der Waals surface area contributed by atoms with Crippen LogP contribution in [-0.4, -0.2) is 4.57 Å². The standard InChI is InChI=1S/C13H9BrFNS/c14-13-4-3-11(17-13)8-16-6-5-9-1-2-10(15)7-12(9)16/h1-7H,8H2. The molecule has 3 aromatic rings. The summed E-state index contributed by atoms with van der Waals surface area (Å²) in [6, 6.07) is 11.0. The maximum absolute atomic E-state index is 13.2. The van der Waals surface area contributed by atoms with E-state index < -0.39 is 0 Å². The van der Waals surface area contributed by atoms with Crippen molar-refractivity contribution in [2.24, 2.45) is 0 Å². The molecule has 0 aliphatic carbocycles. The highest BCUT2D eigenvalue weighted by molar-refractivity contribution is 9.11. The highest BCUT2D eigenvalue weighted by Gasteiger charge is 2.04. The van der Waals surface area contributed by atoms with Crippen LogP contribution in [0.4, 0.5) is 4.39 Å². The summed E-state index contributed by atoms with van der Waals surface area (Å²) in [5.41, 5.74) is 0.939. The van der Waals surface area contributed by atoms with Crippen molar-refractivity contribution in [3.05, 3.63) is 57.1 Å². The van der Waals surface area contributed by atoms with Gasteiger partial charge in [-0.3, -0.25) is 0 Å². The number of benzene rings is 1. The van der Waals surface area contributed by atoms with Crippen molar-refractivity contribution in [3.8, 4) is 0 Å². The highest BCUT2D eigenvalue weighted by Crippen LogP contribution is 2.25. The monoisotopic (exact) mass is 309 g/mol. The Morgan fingerprint density at radius 2 is 2.06 bits per heavy atom. The molecule has 0 radical (unpaired) electrons. The van der Waals surface area contributed by atoms with Crippen molar-refractivity contribution in [1.29, 1.82) is 0 Å². The first-order valence-electron chi connectivity index (χ1n) is 5.21. The topological polar surface area (TPSA) is 4.93 Å². The molecule has 0 spiro atoms. The van der Waals surface area contributed by atoms with Crippen LogP contribution in [0.5, 0.6) is 0 Å². The van der Waals surface area contributed by atoms with Gasteiger partial charge in [-0.1, -0.05) is 0 Å². The SMILES string of the molecule is Fc1ccc2ccn(Cc3ccc(Br)s3)c2c1.